The molecule has 0 atom stereocenters. The van der Waals surface area contributed by atoms with Crippen LogP contribution < -0.4 is 9.64 Å². The van der Waals surface area contributed by atoms with Crippen molar-refractivity contribution in [2.75, 3.05) is 26.1 Å². The van der Waals surface area contributed by atoms with Gasteiger partial charge in [-0.15, -0.1) is 0 Å². The molecule has 0 saturated carbocycles. The molecule has 0 aliphatic rings. The number of pyridine rings is 1. The Morgan fingerprint density at radius 3 is 2.50 bits per heavy atom. The van der Waals surface area contributed by atoms with E-state index < -0.39 is 0 Å². The highest BCUT2D eigenvalue weighted by Crippen LogP contribution is 2.32. The third kappa shape index (κ3) is 2.37. The first-order valence-corrected chi connectivity index (χ1v) is 5.62. The number of phenolic OH excluding ortho intramolecular Hbond substituents is 1. The molecule has 2 aromatic rings. The van der Waals surface area contributed by atoms with Crippen molar-refractivity contribution in [2.24, 2.45) is 0 Å². The molecule has 0 spiro atoms. The van der Waals surface area contributed by atoms with Gasteiger partial charge in [-0.1, -0.05) is 0 Å². The van der Waals surface area contributed by atoms with Crippen LogP contribution in [0.25, 0.3) is 11.1 Å². The lowest BCUT2D eigenvalue weighted by molar-refractivity contribution is 0.412. The second-order valence-electron chi connectivity index (χ2n) is 4.18. The number of rotatable bonds is 3. The molecular formula is C14H16N2O2. The van der Waals surface area contributed by atoms with Gasteiger partial charge in [-0.25, -0.2) is 4.98 Å². The Kier molecular flexibility index (Phi) is 3.37. The maximum Gasteiger partial charge on any atom is 0.127 e. The number of anilines is 1. The Morgan fingerprint density at radius 2 is 1.94 bits per heavy atom. The zero-order valence-corrected chi connectivity index (χ0v) is 10.7. The molecule has 0 saturated heterocycles. The van der Waals surface area contributed by atoms with Gasteiger partial charge in [0.2, 0.25) is 0 Å². The molecular weight excluding hydrogens is 228 g/mol. The summed E-state index contributed by atoms with van der Waals surface area (Å²) in [6.07, 6.45) is 1.74. The van der Waals surface area contributed by atoms with Crippen molar-refractivity contribution < 1.29 is 9.84 Å². The van der Waals surface area contributed by atoms with Gasteiger partial charge in [-0.2, -0.15) is 0 Å². The van der Waals surface area contributed by atoms with Crippen LogP contribution in [-0.4, -0.2) is 31.3 Å². The third-order valence-electron chi connectivity index (χ3n) is 2.72. The molecule has 1 heterocycles. The van der Waals surface area contributed by atoms with Crippen LogP contribution in [0.4, 0.5) is 5.82 Å². The molecule has 1 N–H and O–H groups in total. The molecule has 4 heteroatoms. The fourth-order valence-corrected chi connectivity index (χ4v) is 1.68. The van der Waals surface area contributed by atoms with Gasteiger partial charge < -0.3 is 14.7 Å². The van der Waals surface area contributed by atoms with Gasteiger partial charge in [0.05, 0.1) is 7.11 Å². The second kappa shape index (κ2) is 4.96. The molecule has 1 aromatic heterocycles. The lowest BCUT2D eigenvalue weighted by Crippen LogP contribution is -2.09. The highest BCUT2D eigenvalue weighted by atomic mass is 16.5. The summed E-state index contributed by atoms with van der Waals surface area (Å²) in [6.45, 7) is 0. The summed E-state index contributed by atoms with van der Waals surface area (Å²) in [6, 6.07) is 8.97. The monoisotopic (exact) mass is 244 g/mol. The molecule has 94 valence electrons. The largest absolute Gasteiger partial charge is 0.507 e. The van der Waals surface area contributed by atoms with Gasteiger partial charge >= 0.3 is 0 Å². The van der Waals surface area contributed by atoms with E-state index in [1.165, 1.54) is 0 Å². The minimum atomic E-state index is 0.218. The Bertz CT molecular complexity index is 536. The molecule has 1 aromatic carbocycles. The van der Waals surface area contributed by atoms with Crippen LogP contribution >= 0.6 is 0 Å². The quantitative estimate of drug-likeness (QED) is 0.901. The topological polar surface area (TPSA) is 45.6 Å². The van der Waals surface area contributed by atoms with Crippen molar-refractivity contribution in [3.05, 3.63) is 36.5 Å². The maximum atomic E-state index is 9.87. The first-order valence-electron chi connectivity index (χ1n) is 5.62. The van der Waals surface area contributed by atoms with Crippen molar-refractivity contribution in [3.63, 3.8) is 0 Å². The number of methoxy groups -OCH3 is 1. The van der Waals surface area contributed by atoms with Crippen LogP contribution in [0, 0.1) is 0 Å². The minimum absolute atomic E-state index is 0.218. The summed E-state index contributed by atoms with van der Waals surface area (Å²) in [5.41, 5.74) is 1.57. The molecule has 0 aliphatic heterocycles. The van der Waals surface area contributed by atoms with E-state index in [9.17, 15) is 5.11 Å². The van der Waals surface area contributed by atoms with E-state index >= 15 is 0 Å². The molecule has 0 radical (unpaired) electrons. The number of aromatic nitrogens is 1. The van der Waals surface area contributed by atoms with Crippen molar-refractivity contribution >= 4 is 5.82 Å². The van der Waals surface area contributed by atoms with Gasteiger partial charge in [0.15, 0.2) is 0 Å². The van der Waals surface area contributed by atoms with Gasteiger partial charge in [-0.3, -0.25) is 0 Å². The molecule has 0 bridgehead atoms. The van der Waals surface area contributed by atoms with Gasteiger partial charge in [0.25, 0.3) is 0 Å². The second-order valence-corrected chi connectivity index (χ2v) is 4.18. The standard InChI is InChI=1S/C14H16N2O2/c1-16(2)14-7-4-10(9-15-14)12-8-11(18-3)5-6-13(12)17/h4-9,17H,1-3H3. The smallest absolute Gasteiger partial charge is 0.127 e. The van der Waals surface area contributed by atoms with Gasteiger partial charge in [0.1, 0.15) is 17.3 Å². The Balaban J connectivity index is 2.41. The molecule has 2 rings (SSSR count). The summed E-state index contributed by atoms with van der Waals surface area (Å²) in [7, 11) is 5.47. The lowest BCUT2D eigenvalue weighted by Gasteiger charge is -2.12. The summed E-state index contributed by atoms with van der Waals surface area (Å²) >= 11 is 0. The molecule has 0 aliphatic carbocycles. The van der Waals surface area contributed by atoms with Crippen LogP contribution in [0.2, 0.25) is 0 Å². The predicted octanol–water partition coefficient (Wildman–Crippen LogP) is 2.53. The molecule has 4 nitrogen and oxygen atoms in total. The summed E-state index contributed by atoms with van der Waals surface area (Å²) in [4.78, 5) is 6.25. The average molecular weight is 244 g/mol. The number of nitrogens with zero attached hydrogens (tertiary/aromatic N) is 2. The van der Waals surface area contributed by atoms with Crippen LogP contribution in [0.3, 0.4) is 0 Å². The Morgan fingerprint density at radius 1 is 1.17 bits per heavy atom. The SMILES string of the molecule is COc1ccc(O)c(-c2ccc(N(C)C)nc2)c1. The zero-order valence-electron chi connectivity index (χ0n) is 10.7. The number of benzene rings is 1. The number of hydrogen-bond acceptors (Lipinski definition) is 4. The normalized spacial score (nSPS) is 10.2. The fourth-order valence-electron chi connectivity index (χ4n) is 1.68. The summed E-state index contributed by atoms with van der Waals surface area (Å²) in [5, 5.41) is 9.87. The van der Waals surface area contributed by atoms with Crippen LogP contribution in [-0.2, 0) is 0 Å². The average Bonchev–Trinajstić information content (AvgIpc) is 2.39. The highest BCUT2D eigenvalue weighted by molar-refractivity contribution is 5.71. The van der Waals surface area contributed by atoms with Crippen molar-refractivity contribution in [1.29, 1.82) is 0 Å². The highest BCUT2D eigenvalue weighted by Gasteiger charge is 2.07. The minimum Gasteiger partial charge on any atom is -0.507 e. The van der Waals surface area contributed by atoms with E-state index in [4.69, 9.17) is 4.74 Å². The first-order chi connectivity index (χ1) is 8.61. The number of phenols is 1. The van der Waals surface area contributed by atoms with Crippen LogP contribution in [0.5, 0.6) is 11.5 Å². The van der Waals surface area contributed by atoms with E-state index in [2.05, 4.69) is 4.98 Å². The summed E-state index contributed by atoms with van der Waals surface area (Å²) in [5.74, 6) is 1.80. The van der Waals surface area contributed by atoms with E-state index in [1.54, 1.807) is 31.5 Å². The number of aromatic hydroxyl groups is 1. The number of ether oxygens (including phenoxy) is 1. The van der Waals surface area contributed by atoms with Crippen LogP contribution in [0.1, 0.15) is 0 Å². The van der Waals surface area contributed by atoms with Crippen molar-refractivity contribution in [1.82, 2.24) is 4.98 Å². The molecule has 0 amide bonds. The van der Waals surface area contributed by atoms with E-state index in [1.807, 2.05) is 31.1 Å². The van der Waals surface area contributed by atoms with Crippen molar-refractivity contribution in [3.8, 4) is 22.6 Å². The van der Waals surface area contributed by atoms with Gasteiger partial charge in [0, 0.05) is 31.4 Å². The zero-order chi connectivity index (χ0) is 13.1. The summed E-state index contributed by atoms with van der Waals surface area (Å²) < 4.78 is 5.15. The number of hydrogen-bond donors (Lipinski definition) is 1. The molecule has 0 fully saturated rings. The fraction of sp³-hybridized carbons (Fsp3) is 0.214. The molecule has 18 heavy (non-hydrogen) atoms. The van der Waals surface area contributed by atoms with E-state index in [0.29, 0.717) is 11.3 Å². The third-order valence-corrected chi connectivity index (χ3v) is 2.72. The van der Waals surface area contributed by atoms with Gasteiger partial charge in [-0.05, 0) is 30.3 Å². The molecule has 0 unspecified atom stereocenters. The lowest BCUT2D eigenvalue weighted by atomic mass is 10.1. The predicted molar refractivity (Wildman–Crippen MR) is 72.2 cm³/mol. The van der Waals surface area contributed by atoms with E-state index in [-0.39, 0.29) is 5.75 Å². The first kappa shape index (κ1) is 12.2. The Labute approximate surface area is 106 Å². The van der Waals surface area contributed by atoms with Crippen molar-refractivity contribution in [2.45, 2.75) is 0 Å². The van der Waals surface area contributed by atoms with E-state index in [0.717, 1.165) is 11.4 Å². The maximum absolute atomic E-state index is 9.87. The Hall–Kier alpha value is -2.23. The van der Waals surface area contributed by atoms with Crippen LogP contribution in [0.15, 0.2) is 36.5 Å².